The van der Waals surface area contributed by atoms with Crippen molar-refractivity contribution < 1.29 is 14.7 Å². The van der Waals surface area contributed by atoms with Crippen LogP contribution in [-0.4, -0.2) is 23.0 Å². The van der Waals surface area contributed by atoms with Crippen molar-refractivity contribution in [2.45, 2.75) is 38.6 Å². The van der Waals surface area contributed by atoms with Crippen LogP contribution in [0.2, 0.25) is 0 Å². The number of rotatable bonds is 6. The number of carboxylic acid groups (broad SMARTS) is 1. The highest BCUT2D eigenvalue weighted by Crippen LogP contribution is 2.28. The van der Waals surface area contributed by atoms with Gasteiger partial charge in [-0.15, -0.1) is 0 Å². The number of benzene rings is 1. The molecule has 1 atom stereocenters. The van der Waals surface area contributed by atoms with Crippen LogP contribution in [0.5, 0.6) is 0 Å². The van der Waals surface area contributed by atoms with Crippen molar-refractivity contribution in [2.24, 2.45) is 0 Å². The summed E-state index contributed by atoms with van der Waals surface area (Å²) in [6, 6.07) is 9.74. The second-order valence-corrected chi connectivity index (χ2v) is 6.52. The highest BCUT2D eigenvalue weighted by molar-refractivity contribution is 6.53. The first-order chi connectivity index (χ1) is 10.1. The third kappa shape index (κ3) is 5.04. The number of aliphatic carboxylic acids is 1. The maximum Gasteiger partial charge on any atom is 0.349 e. The minimum Gasteiger partial charge on any atom is -0.477 e. The van der Waals surface area contributed by atoms with Crippen molar-refractivity contribution in [3.8, 4) is 0 Å². The summed E-state index contributed by atoms with van der Waals surface area (Å²) < 4.78 is 0. The number of nitrogens with one attached hydrogen (secondary N) is 1. The average molecular weight is 344 g/mol. The van der Waals surface area contributed by atoms with E-state index in [1.807, 2.05) is 37.3 Å². The van der Waals surface area contributed by atoms with E-state index in [-0.39, 0.29) is 11.5 Å². The summed E-state index contributed by atoms with van der Waals surface area (Å²) >= 11 is 11.1. The highest BCUT2D eigenvalue weighted by atomic mass is 35.5. The topological polar surface area (TPSA) is 66.4 Å². The molecule has 0 heterocycles. The molecule has 0 aliphatic carbocycles. The summed E-state index contributed by atoms with van der Waals surface area (Å²) in [7, 11) is 0. The summed E-state index contributed by atoms with van der Waals surface area (Å²) in [6.45, 7) is 5.99. The van der Waals surface area contributed by atoms with Crippen molar-refractivity contribution in [1.82, 2.24) is 5.32 Å². The first-order valence-electron chi connectivity index (χ1n) is 6.80. The van der Waals surface area contributed by atoms with Gasteiger partial charge in [-0.2, -0.15) is 0 Å². The highest BCUT2D eigenvalue weighted by Gasteiger charge is 2.25. The van der Waals surface area contributed by atoms with Crippen LogP contribution in [-0.2, 0) is 15.0 Å². The molecule has 0 saturated heterocycles. The van der Waals surface area contributed by atoms with Gasteiger partial charge in [0, 0.05) is 6.04 Å². The first-order valence-corrected chi connectivity index (χ1v) is 7.55. The van der Waals surface area contributed by atoms with E-state index in [0.29, 0.717) is 6.42 Å². The fourth-order valence-corrected chi connectivity index (χ4v) is 2.53. The minimum absolute atomic E-state index is 0.152. The second kappa shape index (κ2) is 7.65. The van der Waals surface area contributed by atoms with Crippen molar-refractivity contribution >= 4 is 35.1 Å². The van der Waals surface area contributed by atoms with Crippen LogP contribution in [0.1, 0.15) is 32.8 Å². The van der Waals surface area contributed by atoms with Gasteiger partial charge in [-0.25, -0.2) is 4.79 Å². The Labute approximate surface area is 140 Å². The molecule has 0 fully saturated rings. The van der Waals surface area contributed by atoms with E-state index in [2.05, 4.69) is 19.2 Å². The molecule has 1 amide bonds. The molecule has 120 valence electrons. The molecule has 0 spiro atoms. The zero-order valence-corrected chi connectivity index (χ0v) is 14.2. The van der Waals surface area contributed by atoms with Gasteiger partial charge in [-0.3, -0.25) is 4.79 Å². The molecule has 0 bridgehead atoms. The van der Waals surface area contributed by atoms with Gasteiger partial charge in [0.25, 0.3) is 5.91 Å². The van der Waals surface area contributed by atoms with Gasteiger partial charge >= 0.3 is 5.97 Å². The maximum absolute atomic E-state index is 11.9. The number of carbonyl (C=O) groups is 2. The molecule has 6 heteroatoms. The fraction of sp³-hybridized carbons (Fsp3) is 0.375. The predicted molar refractivity (Wildman–Crippen MR) is 88.1 cm³/mol. The number of hydrogen-bond donors (Lipinski definition) is 2. The minimum atomic E-state index is -1.43. The zero-order valence-electron chi connectivity index (χ0n) is 12.7. The Morgan fingerprint density at radius 1 is 1.18 bits per heavy atom. The molecule has 4 nitrogen and oxygen atoms in total. The van der Waals surface area contributed by atoms with E-state index in [4.69, 9.17) is 28.3 Å². The van der Waals surface area contributed by atoms with Gasteiger partial charge < -0.3 is 10.4 Å². The molecule has 2 N–H and O–H groups in total. The molecule has 0 saturated carbocycles. The van der Waals surface area contributed by atoms with Crippen molar-refractivity contribution in [2.75, 3.05) is 0 Å². The Balaban J connectivity index is 2.74. The van der Waals surface area contributed by atoms with Crippen molar-refractivity contribution in [3.05, 3.63) is 46.0 Å². The van der Waals surface area contributed by atoms with Crippen LogP contribution < -0.4 is 5.32 Å². The third-order valence-electron chi connectivity index (χ3n) is 3.33. The number of carbonyl (C=O) groups excluding carboxylic acids is 1. The van der Waals surface area contributed by atoms with Gasteiger partial charge in [0.1, 0.15) is 10.1 Å². The second-order valence-electron chi connectivity index (χ2n) is 5.76. The summed E-state index contributed by atoms with van der Waals surface area (Å²) in [5.41, 5.74) is 1.00. The molecule has 22 heavy (non-hydrogen) atoms. The van der Waals surface area contributed by atoms with Gasteiger partial charge in [-0.1, -0.05) is 67.4 Å². The van der Waals surface area contributed by atoms with Gasteiger partial charge in [0.15, 0.2) is 0 Å². The van der Waals surface area contributed by atoms with E-state index in [9.17, 15) is 9.59 Å². The standard InChI is InChI=1S/C16H19Cl2NO3/c1-10(19-14(20)12(17)13(18)15(21)22)9-16(2,3)11-7-5-4-6-8-11/h4-8,10H,9H2,1-3H3,(H,19,20)(H,21,22). The van der Waals surface area contributed by atoms with E-state index >= 15 is 0 Å². The largest absolute Gasteiger partial charge is 0.477 e. The van der Waals surface area contributed by atoms with E-state index in [1.165, 1.54) is 0 Å². The van der Waals surface area contributed by atoms with Crippen LogP contribution in [0.3, 0.4) is 0 Å². The average Bonchev–Trinajstić information content (AvgIpc) is 2.45. The molecule has 1 rings (SSSR count). The lowest BCUT2D eigenvalue weighted by Crippen LogP contribution is -2.37. The molecule has 0 aliphatic heterocycles. The normalized spacial score (nSPS) is 14.0. The van der Waals surface area contributed by atoms with E-state index in [0.717, 1.165) is 5.56 Å². The lowest BCUT2D eigenvalue weighted by atomic mass is 9.79. The molecule has 1 aromatic rings. The molecular weight excluding hydrogens is 325 g/mol. The number of halogens is 2. The van der Waals surface area contributed by atoms with Crippen LogP contribution >= 0.6 is 23.2 Å². The molecular formula is C16H19Cl2NO3. The predicted octanol–water partition coefficient (Wildman–Crippen LogP) is 3.63. The Morgan fingerprint density at radius 2 is 1.73 bits per heavy atom. The quantitative estimate of drug-likeness (QED) is 0.775. The van der Waals surface area contributed by atoms with Gasteiger partial charge in [0.05, 0.1) is 0 Å². The van der Waals surface area contributed by atoms with Crippen LogP contribution in [0.25, 0.3) is 0 Å². The molecule has 0 radical (unpaired) electrons. The summed E-state index contributed by atoms with van der Waals surface area (Å²) in [6.07, 6.45) is 0.664. The Morgan fingerprint density at radius 3 is 2.23 bits per heavy atom. The van der Waals surface area contributed by atoms with Crippen LogP contribution in [0, 0.1) is 0 Å². The SMILES string of the molecule is CC(CC(C)(C)c1ccccc1)NC(=O)C(Cl)=C(Cl)C(=O)O. The Kier molecular flexibility index (Phi) is 6.45. The van der Waals surface area contributed by atoms with Crippen molar-refractivity contribution in [1.29, 1.82) is 0 Å². The fourth-order valence-electron chi connectivity index (χ4n) is 2.30. The molecule has 0 aromatic heterocycles. The first kappa shape index (κ1) is 18.5. The Bertz CT molecular complexity index is 582. The summed E-state index contributed by atoms with van der Waals surface area (Å²) in [5, 5.41) is 10.2. The third-order valence-corrected chi connectivity index (χ3v) is 4.14. The summed E-state index contributed by atoms with van der Waals surface area (Å²) in [5.74, 6) is -2.12. The molecule has 0 aliphatic rings. The molecule has 1 unspecified atom stereocenters. The van der Waals surface area contributed by atoms with Crippen LogP contribution in [0.15, 0.2) is 40.4 Å². The number of amides is 1. The lowest BCUT2D eigenvalue weighted by molar-refractivity contribution is -0.132. The number of hydrogen-bond acceptors (Lipinski definition) is 2. The maximum atomic E-state index is 11.9. The van der Waals surface area contributed by atoms with Crippen molar-refractivity contribution in [3.63, 3.8) is 0 Å². The zero-order chi connectivity index (χ0) is 16.9. The van der Waals surface area contributed by atoms with Gasteiger partial charge in [-0.05, 0) is 24.3 Å². The smallest absolute Gasteiger partial charge is 0.349 e. The Hall–Kier alpha value is -1.52. The van der Waals surface area contributed by atoms with Gasteiger partial charge in [0.2, 0.25) is 0 Å². The van der Waals surface area contributed by atoms with E-state index < -0.39 is 21.9 Å². The van der Waals surface area contributed by atoms with Crippen LogP contribution in [0.4, 0.5) is 0 Å². The number of carboxylic acids is 1. The monoisotopic (exact) mass is 343 g/mol. The lowest BCUT2D eigenvalue weighted by Gasteiger charge is -2.29. The molecule has 1 aromatic carbocycles. The summed E-state index contributed by atoms with van der Waals surface area (Å²) in [4.78, 5) is 22.6. The van der Waals surface area contributed by atoms with E-state index in [1.54, 1.807) is 0 Å².